The number of carbonyl (C=O) groups is 1. The molecule has 0 radical (unpaired) electrons. The number of halogens is 1. The van der Waals surface area contributed by atoms with E-state index >= 15 is 0 Å². The lowest BCUT2D eigenvalue weighted by atomic mass is 9.92. The maximum Gasteiger partial charge on any atom is 0.253 e. The van der Waals surface area contributed by atoms with Crippen LogP contribution in [0.1, 0.15) is 48.4 Å². The van der Waals surface area contributed by atoms with Gasteiger partial charge in [-0.15, -0.1) is 12.4 Å². The molecule has 0 spiro atoms. The van der Waals surface area contributed by atoms with Crippen LogP contribution in [0.2, 0.25) is 0 Å². The zero-order valence-electron chi connectivity index (χ0n) is 13.0. The molecule has 2 N–H and O–H groups in total. The van der Waals surface area contributed by atoms with E-state index in [1.165, 1.54) is 12.8 Å². The molecule has 1 aromatic heterocycles. The summed E-state index contributed by atoms with van der Waals surface area (Å²) in [6, 6.07) is 2.00. The Morgan fingerprint density at radius 2 is 2.29 bits per heavy atom. The van der Waals surface area contributed by atoms with Crippen LogP contribution in [-0.4, -0.2) is 35.2 Å². The van der Waals surface area contributed by atoms with Gasteiger partial charge in [-0.2, -0.15) is 10.2 Å². The van der Waals surface area contributed by atoms with Crippen molar-refractivity contribution in [2.75, 3.05) is 13.1 Å². The monoisotopic (exact) mass is 312 g/mol. The molecule has 6 heteroatoms. The van der Waals surface area contributed by atoms with E-state index < -0.39 is 0 Å². The molecule has 1 aliphatic rings. The quantitative estimate of drug-likeness (QED) is 0.891. The Morgan fingerprint density at radius 3 is 2.90 bits per heavy atom. The van der Waals surface area contributed by atoms with Crippen LogP contribution >= 0.6 is 12.4 Å². The van der Waals surface area contributed by atoms with Gasteiger partial charge in [0.05, 0.1) is 17.0 Å². The second-order valence-electron chi connectivity index (χ2n) is 5.57. The molecule has 118 valence electrons. The van der Waals surface area contributed by atoms with Gasteiger partial charge in [-0.3, -0.25) is 4.79 Å². The Morgan fingerprint density at radius 1 is 1.52 bits per heavy atom. The number of nitrogens with one attached hydrogen (secondary N) is 2. The smallest absolute Gasteiger partial charge is 0.253 e. The van der Waals surface area contributed by atoms with Gasteiger partial charge < -0.3 is 10.6 Å². The summed E-state index contributed by atoms with van der Waals surface area (Å²) in [4.78, 5) is 12.4. The first-order chi connectivity index (χ1) is 9.61. The van der Waals surface area contributed by atoms with E-state index in [9.17, 15) is 4.79 Å². The molecule has 0 bridgehead atoms. The van der Waals surface area contributed by atoms with Crippen molar-refractivity contribution in [2.24, 2.45) is 5.92 Å². The first kappa shape index (κ1) is 17.9. The van der Waals surface area contributed by atoms with Crippen LogP contribution in [0.15, 0.2) is 6.07 Å². The van der Waals surface area contributed by atoms with Crippen LogP contribution in [-0.2, 0) is 6.42 Å². The third kappa shape index (κ3) is 4.64. The average molecular weight is 313 g/mol. The molecule has 1 amide bonds. The number of aromatic nitrogens is 2. The summed E-state index contributed by atoms with van der Waals surface area (Å²) in [5.41, 5.74) is 2.21. The summed E-state index contributed by atoms with van der Waals surface area (Å²) in [7, 11) is 0. The highest BCUT2D eigenvalue weighted by atomic mass is 35.5. The summed E-state index contributed by atoms with van der Waals surface area (Å²) in [5, 5.41) is 14.6. The van der Waals surface area contributed by atoms with Crippen molar-refractivity contribution < 1.29 is 4.79 Å². The highest BCUT2D eigenvalue weighted by Gasteiger charge is 2.22. The van der Waals surface area contributed by atoms with Crippen LogP contribution < -0.4 is 10.6 Å². The molecule has 2 rings (SSSR count). The number of hydrogen-bond donors (Lipinski definition) is 2. The standard InChI is InChI=1S/C15H24N4O.ClH/c1-4-14-13(8-10(2)18-19-14)15(20)17-11(3)12-6-5-7-16-9-12;/h8,11-12,16H,4-7,9H2,1-3H3,(H,17,20);1H. The summed E-state index contributed by atoms with van der Waals surface area (Å²) >= 11 is 0. The van der Waals surface area contributed by atoms with Gasteiger partial charge in [0.2, 0.25) is 0 Å². The molecule has 1 fully saturated rings. The Bertz CT molecular complexity index is 475. The van der Waals surface area contributed by atoms with Crippen molar-refractivity contribution in [1.29, 1.82) is 0 Å². The highest BCUT2D eigenvalue weighted by Crippen LogP contribution is 2.15. The molecule has 2 atom stereocenters. The topological polar surface area (TPSA) is 66.9 Å². The normalized spacial score (nSPS) is 19.5. The van der Waals surface area contributed by atoms with Crippen molar-refractivity contribution in [1.82, 2.24) is 20.8 Å². The minimum absolute atomic E-state index is 0. The number of piperidine rings is 1. The van der Waals surface area contributed by atoms with Crippen molar-refractivity contribution in [2.45, 2.75) is 46.1 Å². The van der Waals surface area contributed by atoms with Crippen LogP contribution in [0, 0.1) is 12.8 Å². The Hall–Kier alpha value is -1.20. The third-order valence-corrected chi connectivity index (χ3v) is 3.97. The Labute approximate surface area is 132 Å². The van der Waals surface area contributed by atoms with Crippen molar-refractivity contribution >= 4 is 18.3 Å². The van der Waals surface area contributed by atoms with E-state index in [4.69, 9.17) is 0 Å². The zero-order chi connectivity index (χ0) is 14.5. The van der Waals surface area contributed by atoms with Gasteiger partial charge in [0.15, 0.2) is 0 Å². The van der Waals surface area contributed by atoms with Crippen LogP contribution in [0.3, 0.4) is 0 Å². The molecule has 21 heavy (non-hydrogen) atoms. The number of carbonyl (C=O) groups excluding carboxylic acids is 1. The van der Waals surface area contributed by atoms with Gasteiger partial charge in [0.1, 0.15) is 0 Å². The van der Waals surface area contributed by atoms with E-state index in [1.54, 1.807) is 0 Å². The van der Waals surface area contributed by atoms with Gasteiger partial charge in [-0.1, -0.05) is 6.92 Å². The van der Waals surface area contributed by atoms with E-state index in [1.807, 2.05) is 19.9 Å². The lowest BCUT2D eigenvalue weighted by molar-refractivity contribution is 0.0920. The van der Waals surface area contributed by atoms with Crippen molar-refractivity contribution in [3.8, 4) is 0 Å². The SMILES string of the molecule is CCc1nnc(C)cc1C(=O)NC(C)C1CCCNC1.Cl. The average Bonchev–Trinajstić information content (AvgIpc) is 2.48. The van der Waals surface area contributed by atoms with Gasteiger partial charge in [-0.25, -0.2) is 0 Å². The Balaban J connectivity index is 0.00000220. The minimum Gasteiger partial charge on any atom is -0.349 e. The lowest BCUT2D eigenvalue weighted by Gasteiger charge is -2.29. The molecule has 1 aromatic rings. The molecular formula is C15H25ClN4O. The molecule has 2 unspecified atom stereocenters. The largest absolute Gasteiger partial charge is 0.349 e. The number of nitrogens with zero attached hydrogens (tertiary/aromatic N) is 2. The van der Waals surface area contributed by atoms with E-state index in [-0.39, 0.29) is 24.4 Å². The second kappa shape index (κ2) is 8.29. The molecule has 5 nitrogen and oxygen atoms in total. The second-order valence-corrected chi connectivity index (χ2v) is 5.57. The first-order valence-electron chi connectivity index (χ1n) is 7.46. The Kier molecular flexibility index (Phi) is 7.05. The fourth-order valence-electron chi connectivity index (χ4n) is 2.68. The van der Waals surface area contributed by atoms with E-state index in [2.05, 4.69) is 27.8 Å². The zero-order valence-corrected chi connectivity index (χ0v) is 13.8. The van der Waals surface area contributed by atoms with E-state index in [0.717, 1.165) is 30.9 Å². The number of rotatable bonds is 4. The number of aryl methyl sites for hydroxylation is 2. The van der Waals surface area contributed by atoms with Gasteiger partial charge in [0.25, 0.3) is 5.91 Å². The maximum absolute atomic E-state index is 12.4. The first-order valence-corrected chi connectivity index (χ1v) is 7.46. The fourth-order valence-corrected chi connectivity index (χ4v) is 2.68. The van der Waals surface area contributed by atoms with Crippen LogP contribution in [0.5, 0.6) is 0 Å². The van der Waals surface area contributed by atoms with Crippen molar-refractivity contribution in [3.05, 3.63) is 23.0 Å². The highest BCUT2D eigenvalue weighted by molar-refractivity contribution is 5.95. The molecule has 2 heterocycles. The third-order valence-electron chi connectivity index (χ3n) is 3.97. The molecule has 0 aromatic carbocycles. The van der Waals surface area contributed by atoms with Gasteiger partial charge in [-0.05, 0) is 58.2 Å². The summed E-state index contributed by atoms with van der Waals surface area (Å²) < 4.78 is 0. The summed E-state index contributed by atoms with van der Waals surface area (Å²) in [5.74, 6) is 0.478. The molecule has 1 aliphatic heterocycles. The predicted molar refractivity (Wildman–Crippen MR) is 85.9 cm³/mol. The minimum atomic E-state index is -0.0297. The maximum atomic E-state index is 12.4. The molecular weight excluding hydrogens is 288 g/mol. The van der Waals surface area contributed by atoms with E-state index in [0.29, 0.717) is 11.5 Å². The van der Waals surface area contributed by atoms with Gasteiger partial charge in [0, 0.05) is 6.04 Å². The van der Waals surface area contributed by atoms with Crippen LogP contribution in [0.4, 0.5) is 0 Å². The van der Waals surface area contributed by atoms with Crippen molar-refractivity contribution in [3.63, 3.8) is 0 Å². The number of hydrogen-bond acceptors (Lipinski definition) is 4. The lowest BCUT2D eigenvalue weighted by Crippen LogP contribution is -2.44. The predicted octanol–water partition coefficient (Wildman–Crippen LogP) is 1.89. The summed E-state index contributed by atoms with van der Waals surface area (Å²) in [6.45, 7) is 8.01. The summed E-state index contributed by atoms with van der Waals surface area (Å²) in [6.07, 6.45) is 3.07. The fraction of sp³-hybridized carbons (Fsp3) is 0.667. The number of amides is 1. The molecule has 1 saturated heterocycles. The van der Waals surface area contributed by atoms with Gasteiger partial charge >= 0.3 is 0 Å². The molecule has 0 saturated carbocycles. The molecule has 0 aliphatic carbocycles. The van der Waals surface area contributed by atoms with Crippen LogP contribution in [0.25, 0.3) is 0 Å².